The standard InChI is InChI=1S/C20H32N6O4/c1-5-26(22)11-16(21)10-18(28)15-6-8-17(9-7-15)25-20(30)13(3)24-19(29)12(2)23-14(4)27/h6-9,11-13,18,28H,5,10,21-22H2,1-4H3,(H,23,27)(H,24,29)(H,25,30)/b16-11-. The molecule has 0 heterocycles. The summed E-state index contributed by atoms with van der Waals surface area (Å²) in [5.41, 5.74) is 7.46. The van der Waals surface area contributed by atoms with Gasteiger partial charge in [0.1, 0.15) is 12.1 Å². The van der Waals surface area contributed by atoms with Crippen LogP contribution >= 0.6 is 0 Å². The van der Waals surface area contributed by atoms with Crippen LogP contribution in [0.3, 0.4) is 0 Å². The van der Waals surface area contributed by atoms with Crippen LogP contribution in [0.4, 0.5) is 5.69 Å². The number of hydrogen-bond donors (Lipinski definition) is 6. The third kappa shape index (κ3) is 8.50. The maximum Gasteiger partial charge on any atom is 0.246 e. The molecule has 166 valence electrons. The van der Waals surface area contributed by atoms with Gasteiger partial charge < -0.3 is 31.8 Å². The molecule has 0 spiro atoms. The van der Waals surface area contributed by atoms with Crippen molar-refractivity contribution in [1.82, 2.24) is 15.6 Å². The second-order valence-corrected chi connectivity index (χ2v) is 7.02. The van der Waals surface area contributed by atoms with E-state index < -0.39 is 30.0 Å². The van der Waals surface area contributed by atoms with Crippen molar-refractivity contribution >= 4 is 23.4 Å². The van der Waals surface area contributed by atoms with Gasteiger partial charge in [-0.3, -0.25) is 14.4 Å². The predicted molar refractivity (Wildman–Crippen MR) is 114 cm³/mol. The van der Waals surface area contributed by atoms with Crippen LogP contribution in [0.25, 0.3) is 0 Å². The molecule has 3 atom stereocenters. The molecule has 0 saturated carbocycles. The van der Waals surface area contributed by atoms with E-state index in [4.69, 9.17) is 11.6 Å². The Morgan fingerprint density at radius 2 is 1.67 bits per heavy atom. The van der Waals surface area contributed by atoms with Crippen molar-refractivity contribution in [3.63, 3.8) is 0 Å². The van der Waals surface area contributed by atoms with Gasteiger partial charge in [-0.2, -0.15) is 0 Å². The quantitative estimate of drug-likeness (QED) is 0.230. The Labute approximate surface area is 176 Å². The number of nitrogens with one attached hydrogen (secondary N) is 3. The molecule has 3 unspecified atom stereocenters. The summed E-state index contributed by atoms with van der Waals surface area (Å²) in [6.45, 7) is 6.85. The highest BCUT2D eigenvalue weighted by atomic mass is 16.3. The lowest BCUT2D eigenvalue weighted by Crippen LogP contribution is -2.50. The molecular weight excluding hydrogens is 388 g/mol. The highest BCUT2D eigenvalue weighted by Crippen LogP contribution is 2.21. The molecule has 30 heavy (non-hydrogen) atoms. The van der Waals surface area contributed by atoms with Crippen LogP contribution in [-0.2, 0) is 14.4 Å². The maximum absolute atomic E-state index is 12.3. The molecule has 10 nitrogen and oxygen atoms in total. The van der Waals surface area contributed by atoms with Crippen LogP contribution in [0.15, 0.2) is 36.2 Å². The van der Waals surface area contributed by atoms with E-state index in [0.29, 0.717) is 23.5 Å². The maximum atomic E-state index is 12.3. The van der Waals surface area contributed by atoms with Crippen LogP contribution in [0.1, 0.15) is 45.8 Å². The van der Waals surface area contributed by atoms with Crippen molar-refractivity contribution in [3.05, 3.63) is 41.7 Å². The first-order valence-electron chi connectivity index (χ1n) is 9.67. The fourth-order valence-electron chi connectivity index (χ4n) is 2.51. The SMILES string of the molecule is CCN(N)/C=C(\N)CC(O)c1ccc(NC(=O)C(C)NC(=O)C(C)NC(C)=O)cc1. The van der Waals surface area contributed by atoms with E-state index in [-0.39, 0.29) is 12.3 Å². The van der Waals surface area contributed by atoms with E-state index >= 15 is 0 Å². The van der Waals surface area contributed by atoms with Crippen molar-refractivity contribution in [3.8, 4) is 0 Å². The molecule has 3 amide bonds. The van der Waals surface area contributed by atoms with Crippen LogP contribution < -0.4 is 27.5 Å². The van der Waals surface area contributed by atoms with Gasteiger partial charge in [0, 0.05) is 37.5 Å². The number of nitrogens with two attached hydrogens (primary N) is 2. The fourth-order valence-corrected chi connectivity index (χ4v) is 2.51. The minimum atomic E-state index is -0.815. The van der Waals surface area contributed by atoms with Gasteiger partial charge in [-0.15, -0.1) is 0 Å². The first-order chi connectivity index (χ1) is 14.0. The molecular formula is C20H32N6O4. The molecule has 8 N–H and O–H groups in total. The Kier molecular flexibility index (Phi) is 9.79. The normalized spacial score (nSPS) is 14.3. The van der Waals surface area contributed by atoms with Crippen LogP contribution in [0, 0.1) is 0 Å². The summed E-state index contributed by atoms with van der Waals surface area (Å²) >= 11 is 0. The summed E-state index contributed by atoms with van der Waals surface area (Å²) in [6, 6.07) is 5.09. The number of aliphatic hydroxyl groups is 1. The molecule has 1 rings (SSSR count). The van der Waals surface area contributed by atoms with Crippen molar-refractivity contribution < 1.29 is 19.5 Å². The minimum absolute atomic E-state index is 0.217. The Hall–Kier alpha value is -3.11. The largest absolute Gasteiger partial charge is 0.401 e. The Balaban J connectivity index is 2.62. The van der Waals surface area contributed by atoms with E-state index in [2.05, 4.69) is 16.0 Å². The first kappa shape index (κ1) is 24.9. The zero-order valence-electron chi connectivity index (χ0n) is 17.8. The second-order valence-electron chi connectivity index (χ2n) is 7.02. The zero-order valence-corrected chi connectivity index (χ0v) is 17.8. The van der Waals surface area contributed by atoms with Gasteiger partial charge in [-0.1, -0.05) is 12.1 Å². The van der Waals surface area contributed by atoms with Crippen LogP contribution in [0.2, 0.25) is 0 Å². The lowest BCUT2D eigenvalue weighted by atomic mass is 10.0. The number of nitrogens with zero attached hydrogens (tertiary/aromatic N) is 1. The Morgan fingerprint density at radius 1 is 1.10 bits per heavy atom. The Morgan fingerprint density at radius 3 is 2.20 bits per heavy atom. The summed E-state index contributed by atoms with van der Waals surface area (Å²) in [7, 11) is 0. The van der Waals surface area contributed by atoms with Gasteiger partial charge in [-0.05, 0) is 38.5 Å². The highest BCUT2D eigenvalue weighted by molar-refractivity contribution is 5.98. The summed E-state index contributed by atoms with van der Waals surface area (Å²) in [5.74, 6) is 4.45. The zero-order chi connectivity index (χ0) is 22.8. The number of carbonyl (C=O) groups is 3. The Bertz CT molecular complexity index is 765. The van der Waals surface area contributed by atoms with Crippen LogP contribution in [0.5, 0.6) is 0 Å². The number of carbonyl (C=O) groups excluding carboxylic acids is 3. The van der Waals surface area contributed by atoms with Gasteiger partial charge >= 0.3 is 0 Å². The summed E-state index contributed by atoms with van der Waals surface area (Å²) in [4.78, 5) is 35.3. The van der Waals surface area contributed by atoms with Gasteiger partial charge in [-0.25, -0.2) is 5.84 Å². The summed E-state index contributed by atoms with van der Waals surface area (Å²) in [5, 5.41) is 19.4. The van der Waals surface area contributed by atoms with E-state index in [1.165, 1.54) is 25.8 Å². The molecule has 0 saturated heterocycles. The molecule has 0 aliphatic carbocycles. The van der Waals surface area contributed by atoms with Crippen LogP contribution in [-0.4, -0.2) is 46.5 Å². The molecule has 0 fully saturated rings. The van der Waals surface area contributed by atoms with E-state index in [0.717, 1.165) is 0 Å². The van der Waals surface area contributed by atoms with E-state index in [9.17, 15) is 19.5 Å². The molecule has 1 aromatic rings. The summed E-state index contributed by atoms with van der Waals surface area (Å²) < 4.78 is 0. The highest BCUT2D eigenvalue weighted by Gasteiger charge is 2.20. The van der Waals surface area contributed by atoms with E-state index in [1.807, 2.05) is 6.92 Å². The lowest BCUT2D eigenvalue weighted by Gasteiger charge is -2.18. The number of benzene rings is 1. The number of hydrazine groups is 1. The number of rotatable bonds is 10. The van der Waals surface area contributed by atoms with Crippen molar-refractivity contribution in [2.45, 2.75) is 52.3 Å². The van der Waals surface area contributed by atoms with Crippen molar-refractivity contribution in [2.24, 2.45) is 11.6 Å². The van der Waals surface area contributed by atoms with Gasteiger partial charge in [0.15, 0.2) is 0 Å². The molecule has 10 heteroatoms. The minimum Gasteiger partial charge on any atom is -0.401 e. The smallest absolute Gasteiger partial charge is 0.246 e. The number of aliphatic hydroxyl groups excluding tert-OH is 1. The monoisotopic (exact) mass is 420 g/mol. The molecule has 0 aliphatic heterocycles. The summed E-state index contributed by atoms with van der Waals surface area (Å²) in [6.07, 6.45) is 0.972. The molecule has 0 bridgehead atoms. The topological polar surface area (TPSA) is 163 Å². The third-order valence-corrected chi connectivity index (χ3v) is 4.25. The average Bonchev–Trinajstić information content (AvgIpc) is 2.67. The number of hydrogen-bond acceptors (Lipinski definition) is 7. The molecule has 0 aliphatic rings. The molecule has 0 radical (unpaired) electrons. The predicted octanol–water partition coefficient (Wildman–Crippen LogP) is 0.0736. The van der Waals surface area contributed by atoms with Gasteiger partial charge in [0.25, 0.3) is 0 Å². The van der Waals surface area contributed by atoms with Crippen molar-refractivity contribution in [2.75, 3.05) is 11.9 Å². The van der Waals surface area contributed by atoms with E-state index in [1.54, 1.807) is 30.5 Å². The third-order valence-electron chi connectivity index (χ3n) is 4.25. The second kappa shape index (κ2) is 11.8. The van der Waals surface area contributed by atoms with Gasteiger partial charge in [0.2, 0.25) is 17.7 Å². The number of anilines is 1. The van der Waals surface area contributed by atoms with Gasteiger partial charge in [0.05, 0.1) is 6.10 Å². The number of amides is 3. The molecule has 0 aromatic heterocycles. The first-order valence-corrected chi connectivity index (χ1v) is 9.67. The lowest BCUT2D eigenvalue weighted by molar-refractivity contribution is -0.129. The average molecular weight is 421 g/mol. The fraction of sp³-hybridized carbons (Fsp3) is 0.450. The molecule has 1 aromatic carbocycles. The van der Waals surface area contributed by atoms with Crippen molar-refractivity contribution in [1.29, 1.82) is 0 Å².